The van der Waals surface area contributed by atoms with Gasteiger partial charge in [0.1, 0.15) is 6.04 Å². The van der Waals surface area contributed by atoms with Crippen LogP contribution >= 0.6 is 11.3 Å². The molecule has 0 radical (unpaired) electrons. The number of anilines is 1. The van der Waals surface area contributed by atoms with Gasteiger partial charge in [-0.15, -0.1) is 11.3 Å². The van der Waals surface area contributed by atoms with E-state index in [1.165, 1.54) is 10.4 Å². The van der Waals surface area contributed by atoms with Gasteiger partial charge in [0.2, 0.25) is 17.8 Å². The molecule has 0 saturated carbocycles. The maximum atomic E-state index is 13.0. The average Bonchev–Trinajstić information content (AvgIpc) is 3.36. The SMILES string of the molecule is CN1CCN(C(=O)CCCNc2ncccn2)C(Cc2ccc(-c3cccs3)cc2)C1=O. The summed E-state index contributed by atoms with van der Waals surface area (Å²) in [5.74, 6) is 0.573. The monoisotopic (exact) mass is 449 g/mol. The van der Waals surface area contributed by atoms with Crippen LogP contribution in [0, 0.1) is 0 Å². The number of carbonyl (C=O) groups is 2. The van der Waals surface area contributed by atoms with E-state index in [0.717, 1.165) is 5.56 Å². The van der Waals surface area contributed by atoms with E-state index in [1.807, 2.05) is 6.07 Å². The fraction of sp³-hybridized carbons (Fsp3) is 0.333. The molecule has 4 rings (SSSR count). The Hall–Kier alpha value is -3.26. The van der Waals surface area contributed by atoms with Crippen LogP contribution in [0.5, 0.6) is 0 Å². The highest BCUT2D eigenvalue weighted by molar-refractivity contribution is 7.13. The summed E-state index contributed by atoms with van der Waals surface area (Å²) in [7, 11) is 1.81. The second-order valence-electron chi connectivity index (χ2n) is 7.84. The van der Waals surface area contributed by atoms with Crippen molar-refractivity contribution >= 4 is 29.1 Å². The first-order chi connectivity index (χ1) is 15.6. The van der Waals surface area contributed by atoms with Gasteiger partial charge in [0.15, 0.2) is 0 Å². The zero-order valence-electron chi connectivity index (χ0n) is 18.1. The average molecular weight is 450 g/mol. The van der Waals surface area contributed by atoms with Crippen LogP contribution in [-0.2, 0) is 16.0 Å². The molecule has 0 bridgehead atoms. The lowest BCUT2D eigenvalue weighted by molar-refractivity contribution is -0.150. The number of rotatable bonds is 8. The molecule has 166 valence electrons. The molecular weight excluding hydrogens is 422 g/mol. The fourth-order valence-corrected chi connectivity index (χ4v) is 4.59. The quantitative estimate of drug-likeness (QED) is 0.534. The number of likely N-dealkylation sites (N-methyl/N-ethyl adjacent to an activating group) is 1. The summed E-state index contributed by atoms with van der Waals surface area (Å²) in [6.07, 6.45) is 4.90. The van der Waals surface area contributed by atoms with Crippen molar-refractivity contribution in [2.24, 2.45) is 0 Å². The summed E-state index contributed by atoms with van der Waals surface area (Å²) >= 11 is 1.70. The van der Waals surface area contributed by atoms with Crippen LogP contribution in [0.15, 0.2) is 60.2 Å². The minimum absolute atomic E-state index is 0.00254. The number of hydrogen-bond acceptors (Lipinski definition) is 6. The molecule has 32 heavy (non-hydrogen) atoms. The third kappa shape index (κ3) is 5.31. The number of hydrogen-bond donors (Lipinski definition) is 1. The van der Waals surface area contributed by atoms with Crippen LogP contribution in [0.3, 0.4) is 0 Å². The second kappa shape index (κ2) is 10.4. The van der Waals surface area contributed by atoms with Gasteiger partial charge in [0.05, 0.1) is 0 Å². The fourth-order valence-electron chi connectivity index (χ4n) is 3.85. The van der Waals surface area contributed by atoms with Gasteiger partial charge in [0.25, 0.3) is 0 Å². The highest BCUT2D eigenvalue weighted by Crippen LogP contribution is 2.25. The zero-order valence-corrected chi connectivity index (χ0v) is 18.9. The molecule has 1 fully saturated rings. The largest absolute Gasteiger partial charge is 0.354 e. The number of benzene rings is 1. The normalized spacial score (nSPS) is 16.3. The molecule has 1 unspecified atom stereocenters. The molecule has 0 spiro atoms. The third-order valence-electron chi connectivity index (χ3n) is 5.64. The zero-order chi connectivity index (χ0) is 22.3. The van der Waals surface area contributed by atoms with Crippen LogP contribution in [-0.4, -0.2) is 64.3 Å². The van der Waals surface area contributed by atoms with Crippen LogP contribution < -0.4 is 5.32 Å². The highest BCUT2D eigenvalue weighted by Gasteiger charge is 2.35. The summed E-state index contributed by atoms with van der Waals surface area (Å²) < 4.78 is 0. The van der Waals surface area contributed by atoms with Crippen molar-refractivity contribution in [1.29, 1.82) is 0 Å². The minimum Gasteiger partial charge on any atom is -0.354 e. The van der Waals surface area contributed by atoms with Crippen molar-refractivity contribution < 1.29 is 9.59 Å². The van der Waals surface area contributed by atoms with Crippen molar-refractivity contribution in [3.63, 3.8) is 0 Å². The van der Waals surface area contributed by atoms with E-state index in [9.17, 15) is 9.59 Å². The lowest BCUT2D eigenvalue weighted by Crippen LogP contribution is -2.58. The Kier molecular flexibility index (Phi) is 7.11. The molecule has 1 aliphatic rings. The lowest BCUT2D eigenvalue weighted by Gasteiger charge is -2.39. The van der Waals surface area contributed by atoms with Gasteiger partial charge < -0.3 is 15.1 Å². The van der Waals surface area contributed by atoms with Gasteiger partial charge in [-0.25, -0.2) is 9.97 Å². The molecule has 1 aliphatic heterocycles. The number of piperazine rings is 1. The maximum absolute atomic E-state index is 13.0. The summed E-state index contributed by atoms with van der Waals surface area (Å²) in [6, 6.07) is 13.7. The summed E-state index contributed by atoms with van der Waals surface area (Å²) in [6.45, 7) is 1.73. The summed E-state index contributed by atoms with van der Waals surface area (Å²) in [5, 5.41) is 5.18. The first kappa shape index (κ1) is 22.0. The van der Waals surface area contributed by atoms with Gasteiger partial charge in [-0.05, 0) is 35.1 Å². The van der Waals surface area contributed by atoms with E-state index in [-0.39, 0.29) is 11.8 Å². The molecule has 1 N–H and O–H groups in total. The topological polar surface area (TPSA) is 78.4 Å². The predicted octanol–water partition coefficient (Wildman–Crippen LogP) is 3.31. The van der Waals surface area contributed by atoms with Crippen molar-refractivity contribution in [2.45, 2.75) is 25.3 Å². The third-order valence-corrected chi connectivity index (χ3v) is 6.56. The standard InChI is InChI=1S/C24H27N5O2S/c1-28-14-15-29(22(30)6-2-11-25-24-26-12-4-13-27-24)20(23(28)31)17-18-7-9-19(10-8-18)21-5-3-16-32-21/h3-5,7-10,12-13,16,20H,2,6,11,14-15,17H2,1H3,(H,25,26,27). The van der Waals surface area contributed by atoms with Crippen LogP contribution in [0.1, 0.15) is 18.4 Å². The maximum Gasteiger partial charge on any atom is 0.245 e. The van der Waals surface area contributed by atoms with E-state index >= 15 is 0 Å². The van der Waals surface area contributed by atoms with E-state index in [0.29, 0.717) is 44.8 Å². The van der Waals surface area contributed by atoms with Crippen molar-refractivity contribution in [3.8, 4) is 10.4 Å². The smallest absolute Gasteiger partial charge is 0.245 e. The van der Waals surface area contributed by atoms with E-state index in [2.05, 4.69) is 51.0 Å². The molecular formula is C24H27N5O2S. The van der Waals surface area contributed by atoms with Gasteiger partial charge in [-0.1, -0.05) is 30.3 Å². The number of nitrogens with zero attached hydrogens (tertiary/aromatic N) is 4. The van der Waals surface area contributed by atoms with E-state index in [4.69, 9.17) is 0 Å². The summed E-state index contributed by atoms with van der Waals surface area (Å²) in [4.78, 5) is 38.8. The van der Waals surface area contributed by atoms with Crippen LogP contribution in [0.2, 0.25) is 0 Å². The molecule has 2 amide bonds. The van der Waals surface area contributed by atoms with Gasteiger partial charge in [0, 0.05) is 56.8 Å². The van der Waals surface area contributed by atoms with Crippen molar-refractivity contribution in [3.05, 3.63) is 65.8 Å². The number of carbonyl (C=O) groups excluding carboxylic acids is 2. The van der Waals surface area contributed by atoms with Gasteiger partial charge in [-0.2, -0.15) is 0 Å². The number of nitrogens with one attached hydrogen (secondary N) is 1. The van der Waals surface area contributed by atoms with E-state index in [1.54, 1.807) is 46.6 Å². The van der Waals surface area contributed by atoms with Crippen LogP contribution in [0.4, 0.5) is 5.95 Å². The van der Waals surface area contributed by atoms with Crippen molar-refractivity contribution in [1.82, 2.24) is 19.8 Å². The molecule has 0 aliphatic carbocycles. The molecule has 8 heteroatoms. The Balaban J connectivity index is 1.37. The first-order valence-electron chi connectivity index (χ1n) is 10.8. The van der Waals surface area contributed by atoms with Gasteiger partial charge >= 0.3 is 0 Å². The molecule has 1 atom stereocenters. The Labute approximate surface area is 192 Å². The molecule has 3 aromatic rings. The summed E-state index contributed by atoms with van der Waals surface area (Å²) in [5.41, 5.74) is 2.22. The molecule has 2 aromatic heterocycles. The lowest BCUT2D eigenvalue weighted by atomic mass is 9.99. The molecule has 1 aromatic carbocycles. The van der Waals surface area contributed by atoms with E-state index < -0.39 is 6.04 Å². The second-order valence-corrected chi connectivity index (χ2v) is 8.79. The van der Waals surface area contributed by atoms with Crippen LogP contribution in [0.25, 0.3) is 10.4 Å². The van der Waals surface area contributed by atoms with Gasteiger partial charge in [-0.3, -0.25) is 9.59 Å². The molecule has 1 saturated heterocycles. The first-order valence-corrected chi connectivity index (χ1v) is 11.7. The Morgan fingerprint density at radius 2 is 1.91 bits per heavy atom. The van der Waals surface area contributed by atoms with Crippen molar-refractivity contribution in [2.75, 3.05) is 32.0 Å². The Morgan fingerprint density at radius 1 is 1.12 bits per heavy atom. The highest BCUT2D eigenvalue weighted by atomic mass is 32.1. The molecule has 7 nitrogen and oxygen atoms in total. The number of amides is 2. The number of thiophene rings is 1. The molecule has 3 heterocycles. The number of aromatic nitrogens is 2. The Morgan fingerprint density at radius 3 is 2.62 bits per heavy atom. The minimum atomic E-state index is -0.459. The predicted molar refractivity (Wildman–Crippen MR) is 126 cm³/mol. The Bertz CT molecular complexity index is 1020.